The second-order valence-electron chi connectivity index (χ2n) is 3.66. The van der Waals surface area contributed by atoms with Gasteiger partial charge in [-0.05, 0) is 19.1 Å². The van der Waals surface area contributed by atoms with Crippen LogP contribution >= 0.6 is 0 Å². The Morgan fingerprint density at radius 2 is 2.00 bits per heavy atom. The van der Waals surface area contributed by atoms with Crippen LogP contribution in [0.25, 0.3) is 0 Å². The Labute approximate surface area is 101 Å². The van der Waals surface area contributed by atoms with E-state index in [2.05, 4.69) is 0 Å². The number of ether oxygens (including phenoxy) is 2. The first-order valence-corrected chi connectivity index (χ1v) is 5.19. The standard InChI is InChI=1S/C12H17NO4/c1-8(12(14)15)13(2)10-6-5-9(16-3)7-11(10)17-4/h5-8H,1-4H3,(H,14,15)/t8-/m0/s1. The zero-order valence-electron chi connectivity index (χ0n) is 10.4. The summed E-state index contributed by atoms with van der Waals surface area (Å²) in [5.41, 5.74) is 0.711. The summed E-state index contributed by atoms with van der Waals surface area (Å²) in [5, 5.41) is 8.97. The van der Waals surface area contributed by atoms with E-state index in [-0.39, 0.29) is 0 Å². The first-order valence-electron chi connectivity index (χ1n) is 5.19. The van der Waals surface area contributed by atoms with E-state index in [1.165, 1.54) is 7.11 Å². The minimum Gasteiger partial charge on any atom is -0.497 e. The van der Waals surface area contributed by atoms with E-state index in [0.717, 1.165) is 0 Å². The molecule has 5 heteroatoms. The Balaban J connectivity index is 3.08. The molecule has 0 bridgehead atoms. The van der Waals surface area contributed by atoms with Crippen LogP contribution in [0.1, 0.15) is 6.92 Å². The molecule has 0 saturated carbocycles. The molecule has 17 heavy (non-hydrogen) atoms. The zero-order chi connectivity index (χ0) is 13.0. The van der Waals surface area contributed by atoms with Crippen molar-refractivity contribution >= 4 is 11.7 Å². The van der Waals surface area contributed by atoms with E-state index in [0.29, 0.717) is 17.2 Å². The SMILES string of the molecule is COc1ccc(N(C)[C@@H](C)C(=O)O)c(OC)c1. The third kappa shape index (κ3) is 2.81. The number of aliphatic carboxylic acids is 1. The van der Waals surface area contributed by atoms with Gasteiger partial charge in [-0.15, -0.1) is 0 Å². The highest BCUT2D eigenvalue weighted by Crippen LogP contribution is 2.32. The van der Waals surface area contributed by atoms with E-state index < -0.39 is 12.0 Å². The van der Waals surface area contributed by atoms with E-state index in [1.807, 2.05) is 0 Å². The van der Waals surface area contributed by atoms with Crippen LogP contribution < -0.4 is 14.4 Å². The van der Waals surface area contributed by atoms with Gasteiger partial charge >= 0.3 is 5.97 Å². The molecule has 0 aliphatic carbocycles. The van der Waals surface area contributed by atoms with Gasteiger partial charge in [-0.2, -0.15) is 0 Å². The normalized spacial score (nSPS) is 11.8. The summed E-state index contributed by atoms with van der Waals surface area (Å²) >= 11 is 0. The van der Waals surface area contributed by atoms with Crippen molar-refractivity contribution in [1.82, 2.24) is 0 Å². The minimum atomic E-state index is -0.884. The van der Waals surface area contributed by atoms with E-state index in [9.17, 15) is 4.79 Å². The predicted octanol–water partition coefficient (Wildman–Crippen LogP) is 1.61. The van der Waals surface area contributed by atoms with Crippen molar-refractivity contribution in [3.05, 3.63) is 18.2 Å². The predicted molar refractivity (Wildman–Crippen MR) is 65.0 cm³/mol. The lowest BCUT2D eigenvalue weighted by Gasteiger charge is -2.25. The van der Waals surface area contributed by atoms with Crippen LogP contribution in [0.4, 0.5) is 5.69 Å². The van der Waals surface area contributed by atoms with Gasteiger partial charge in [0.05, 0.1) is 19.9 Å². The number of carboxylic acids is 1. The summed E-state index contributed by atoms with van der Waals surface area (Å²) in [6, 6.07) is 4.64. The van der Waals surface area contributed by atoms with Gasteiger partial charge in [0, 0.05) is 13.1 Å². The van der Waals surface area contributed by atoms with Crippen molar-refractivity contribution in [2.75, 3.05) is 26.2 Å². The molecular formula is C12H17NO4. The fourth-order valence-corrected chi connectivity index (χ4v) is 1.45. The molecule has 0 aromatic heterocycles. The first kappa shape index (κ1) is 13.2. The van der Waals surface area contributed by atoms with E-state index in [4.69, 9.17) is 14.6 Å². The van der Waals surface area contributed by atoms with Gasteiger partial charge in [0.1, 0.15) is 17.5 Å². The Kier molecular flexibility index (Phi) is 4.20. The molecule has 0 unspecified atom stereocenters. The molecule has 0 amide bonds. The van der Waals surface area contributed by atoms with Crippen LogP contribution in [0.15, 0.2) is 18.2 Å². The summed E-state index contributed by atoms with van der Waals surface area (Å²) in [7, 11) is 4.82. The van der Waals surface area contributed by atoms with Crippen molar-refractivity contribution in [2.24, 2.45) is 0 Å². The highest BCUT2D eigenvalue weighted by atomic mass is 16.5. The molecule has 0 spiro atoms. The van der Waals surface area contributed by atoms with Crippen molar-refractivity contribution in [2.45, 2.75) is 13.0 Å². The number of anilines is 1. The number of likely N-dealkylation sites (N-methyl/N-ethyl adjacent to an activating group) is 1. The Morgan fingerprint density at radius 3 is 2.47 bits per heavy atom. The molecule has 1 aromatic rings. The molecule has 0 saturated heterocycles. The molecule has 1 N–H and O–H groups in total. The quantitative estimate of drug-likeness (QED) is 0.846. The van der Waals surface area contributed by atoms with Crippen molar-refractivity contribution in [1.29, 1.82) is 0 Å². The molecule has 0 fully saturated rings. The van der Waals surface area contributed by atoms with Gasteiger partial charge in [-0.25, -0.2) is 4.79 Å². The number of benzene rings is 1. The monoisotopic (exact) mass is 239 g/mol. The van der Waals surface area contributed by atoms with Gasteiger partial charge in [0.2, 0.25) is 0 Å². The molecule has 1 atom stereocenters. The maximum atomic E-state index is 10.9. The summed E-state index contributed by atoms with van der Waals surface area (Å²) < 4.78 is 10.3. The fraction of sp³-hybridized carbons (Fsp3) is 0.417. The van der Waals surface area contributed by atoms with Crippen LogP contribution in [0.5, 0.6) is 11.5 Å². The van der Waals surface area contributed by atoms with Gasteiger partial charge in [0.25, 0.3) is 0 Å². The number of carboxylic acid groups (broad SMARTS) is 1. The smallest absolute Gasteiger partial charge is 0.326 e. The summed E-state index contributed by atoms with van der Waals surface area (Å²) in [6.07, 6.45) is 0. The highest BCUT2D eigenvalue weighted by molar-refractivity contribution is 5.78. The number of rotatable bonds is 5. The average Bonchev–Trinajstić information content (AvgIpc) is 2.35. The highest BCUT2D eigenvalue weighted by Gasteiger charge is 2.20. The molecule has 0 heterocycles. The topological polar surface area (TPSA) is 59.0 Å². The number of hydrogen-bond acceptors (Lipinski definition) is 4. The Bertz CT molecular complexity index is 405. The average molecular weight is 239 g/mol. The lowest BCUT2D eigenvalue weighted by Crippen LogP contribution is -2.35. The molecule has 1 rings (SSSR count). The molecule has 0 aliphatic heterocycles. The van der Waals surface area contributed by atoms with Crippen LogP contribution in [0.2, 0.25) is 0 Å². The van der Waals surface area contributed by atoms with E-state index in [1.54, 1.807) is 44.2 Å². The van der Waals surface area contributed by atoms with Gasteiger partial charge in [0.15, 0.2) is 0 Å². The number of nitrogens with zero attached hydrogens (tertiary/aromatic N) is 1. The largest absolute Gasteiger partial charge is 0.497 e. The van der Waals surface area contributed by atoms with Gasteiger partial charge < -0.3 is 19.5 Å². The first-order chi connectivity index (χ1) is 8.01. The molecule has 94 valence electrons. The van der Waals surface area contributed by atoms with Crippen LogP contribution in [-0.4, -0.2) is 38.4 Å². The summed E-state index contributed by atoms with van der Waals surface area (Å²) in [4.78, 5) is 12.6. The van der Waals surface area contributed by atoms with E-state index >= 15 is 0 Å². The van der Waals surface area contributed by atoms with Crippen molar-refractivity contribution < 1.29 is 19.4 Å². The number of methoxy groups -OCH3 is 2. The number of hydrogen-bond donors (Lipinski definition) is 1. The summed E-state index contributed by atoms with van der Waals surface area (Å²) in [6.45, 7) is 1.62. The van der Waals surface area contributed by atoms with Gasteiger partial charge in [-0.1, -0.05) is 0 Å². The maximum absolute atomic E-state index is 10.9. The van der Waals surface area contributed by atoms with Crippen LogP contribution in [0.3, 0.4) is 0 Å². The lowest BCUT2D eigenvalue weighted by molar-refractivity contribution is -0.138. The molecule has 0 radical (unpaired) electrons. The second-order valence-corrected chi connectivity index (χ2v) is 3.66. The van der Waals surface area contributed by atoms with Crippen molar-refractivity contribution in [3.63, 3.8) is 0 Å². The van der Waals surface area contributed by atoms with Gasteiger partial charge in [-0.3, -0.25) is 0 Å². The molecular weight excluding hydrogens is 222 g/mol. The Hall–Kier alpha value is -1.91. The van der Waals surface area contributed by atoms with Crippen LogP contribution in [0, 0.1) is 0 Å². The molecule has 5 nitrogen and oxygen atoms in total. The maximum Gasteiger partial charge on any atom is 0.326 e. The second kappa shape index (κ2) is 5.43. The summed E-state index contributed by atoms with van der Waals surface area (Å²) in [5.74, 6) is 0.368. The lowest BCUT2D eigenvalue weighted by atomic mass is 10.2. The third-order valence-electron chi connectivity index (χ3n) is 2.71. The minimum absolute atomic E-state index is 0.583. The third-order valence-corrected chi connectivity index (χ3v) is 2.71. The molecule has 1 aromatic carbocycles. The van der Waals surface area contributed by atoms with Crippen molar-refractivity contribution in [3.8, 4) is 11.5 Å². The zero-order valence-corrected chi connectivity index (χ0v) is 10.4. The van der Waals surface area contributed by atoms with Crippen LogP contribution in [-0.2, 0) is 4.79 Å². The number of carbonyl (C=O) groups is 1. The molecule has 0 aliphatic rings. The Morgan fingerprint density at radius 1 is 1.35 bits per heavy atom. The fourth-order valence-electron chi connectivity index (χ4n) is 1.45.